The molecule has 3 atom stereocenters. The molecule has 1 fully saturated rings. The Hall–Kier alpha value is -1.58. The second kappa shape index (κ2) is 4.97. The predicted octanol–water partition coefficient (Wildman–Crippen LogP) is 3.44. The number of aliphatic hydroxyl groups excluding tert-OH is 1. The minimum atomic E-state index is 0.226. The van der Waals surface area contributed by atoms with Gasteiger partial charge in [0.1, 0.15) is 0 Å². The standard InChI is InChI=1S/C19H24N2O/c1-4-13-10-20(3)18-9-15(13)16(11-22)19-12(2)14-7-5-6-8-17(14)21(18)19/h4-8,15-16,18,22H,9-11H2,1-3H3/b13-4-/t15-,16-,18+/m1/s1. The molecule has 4 rings (SSSR count). The van der Waals surface area contributed by atoms with Crippen molar-refractivity contribution >= 4 is 10.9 Å². The minimum Gasteiger partial charge on any atom is -0.396 e. The topological polar surface area (TPSA) is 28.4 Å². The van der Waals surface area contributed by atoms with E-state index in [1.165, 1.54) is 27.7 Å². The number of nitrogens with zero attached hydrogens (tertiary/aromatic N) is 2. The van der Waals surface area contributed by atoms with Gasteiger partial charge in [-0.2, -0.15) is 0 Å². The fraction of sp³-hybridized carbons (Fsp3) is 0.474. The molecule has 1 aromatic heterocycles. The van der Waals surface area contributed by atoms with Gasteiger partial charge in [0.25, 0.3) is 0 Å². The maximum absolute atomic E-state index is 10.1. The quantitative estimate of drug-likeness (QED) is 0.817. The Kier molecular flexibility index (Phi) is 3.17. The molecular weight excluding hydrogens is 272 g/mol. The largest absolute Gasteiger partial charge is 0.396 e. The van der Waals surface area contributed by atoms with Crippen LogP contribution in [0.1, 0.15) is 36.7 Å². The lowest BCUT2D eigenvalue weighted by Crippen LogP contribution is -2.45. The lowest BCUT2D eigenvalue weighted by molar-refractivity contribution is 0.0765. The van der Waals surface area contributed by atoms with Gasteiger partial charge in [-0.15, -0.1) is 0 Å². The number of aliphatic hydroxyl groups is 1. The van der Waals surface area contributed by atoms with E-state index in [9.17, 15) is 5.11 Å². The van der Waals surface area contributed by atoms with Crippen molar-refractivity contribution in [3.05, 3.63) is 47.2 Å². The number of rotatable bonds is 1. The summed E-state index contributed by atoms with van der Waals surface area (Å²) in [6, 6.07) is 8.67. The fourth-order valence-electron chi connectivity index (χ4n) is 4.73. The van der Waals surface area contributed by atoms with Crippen LogP contribution in [0.2, 0.25) is 0 Å². The van der Waals surface area contributed by atoms with Gasteiger partial charge in [-0.25, -0.2) is 0 Å². The Bertz CT molecular complexity index is 758. The zero-order valence-corrected chi connectivity index (χ0v) is 13.6. The van der Waals surface area contributed by atoms with Crippen LogP contribution in [-0.2, 0) is 0 Å². The highest BCUT2D eigenvalue weighted by Gasteiger charge is 2.43. The zero-order valence-electron chi connectivity index (χ0n) is 13.6. The summed E-state index contributed by atoms with van der Waals surface area (Å²) in [6.45, 7) is 5.59. The van der Waals surface area contributed by atoms with Crippen LogP contribution in [0.3, 0.4) is 0 Å². The summed E-state index contributed by atoms with van der Waals surface area (Å²) >= 11 is 0. The average molecular weight is 296 g/mol. The summed E-state index contributed by atoms with van der Waals surface area (Å²) < 4.78 is 2.49. The first kappa shape index (κ1) is 14.0. The van der Waals surface area contributed by atoms with E-state index in [4.69, 9.17) is 0 Å². The first-order valence-electron chi connectivity index (χ1n) is 8.23. The zero-order chi connectivity index (χ0) is 15.4. The molecule has 3 heteroatoms. The van der Waals surface area contributed by atoms with Crippen molar-refractivity contribution in [2.24, 2.45) is 5.92 Å². The van der Waals surface area contributed by atoms with Crippen LogP contribution in [0, 0.1) is 12.8 Å². The normalized spacial score (nSPS) is 30.0. The molecule has 116 valence electrons. The fourth-order valence-corrected chi connectivity index (χ4v) is 4.73. The summed E-state index contributed by atoms with van der Waals surface area (Å²) in [5, 5.41) is 11.5. The molecule has 2 aliphatic heterocycles. The summed E-state index contributed by atoms with van der Waals surface area (Å²) in [7, 11) is 2.22. The SMILES string of the molecule is C/C=C1/CN(C)[C@@H]2C[C@H]1[C@@H](CO)c1c(C)c3ccccc3n12. The molecule has 3 heterocycles. The summed E-state index contributed by atoms with van der Waals surface area (Å²) in [5.74, 6) is 0.704. The van der Waals surface area contributed by atoms with Gasteiger partial charge in [-0.1, -0.05) is 29.8 Å². The Balaban J connectivity index is 2.03. The molecule has 2 aromatic rings. The Morgan fingerprint density at radius 3 is 2.82 bits per heavy atom. The number of para-hydroxylation sites is 1. The van der Waals surface area contributed by atoms with Gasteiger partial charge < -0.3 is 9.67 Å². The molecule has 2 bridgehead atoms. The monoisotopic (exact) mass is 296 g/mol. The molecule has 2 aliphatic rings. The number of fused-ring (bicyclic) bond motifs is 6. The average Bonchev–Trinajstić information content (AvgIpc) is 2.84. The van der Waals surface area contributed by atoms with Crippen LogP contribution in [0.4, 0.5) is 0 Å². The van der Waals surface area contributed by atoms with E-state index in [1.54, 1.807) is 0 Å². The smallest absolute Gasteiger partial charge is 0.0873 e. The van der Waals surface area contributed by atoms with Gasteiger partial charge in [0.15, 0.2) is 0 Å². The van der Waals surface area contributed by atoms with E-state index in [0.717, 1.165) is 13.0 Å². The van der Waals surface area contributed by atoms with Crippen molar-refractivity contribution < 1.29 is 5.11 Å². The van der Waals surface area contributed by atoms with Crippen molar-refractivity contribution in [1.29, 1.82) is 0 Å². The van der Waals surface area contributed by atoms with E-state index < -0.39 is 0 Å². The molecule has 0 spiro atoms. The number of benzene rings is 1. The molecule has 0 unspecified atom stereocenters. The van der Waals surface area contributed by atoms with Crippen LogP contribution >= 0.6 is 0 Å². The predicted molar refractivity (Wildman–Crippen MR) is 90.0 cm³/mol. The molecule has 0 amide bonds. The molecule has 0 saturated carbocycles. The number of aromatic nitrogens is 1. The Labute approximate surface area is 131 Å². The van der Waals surface area contributed by atoms with Crippen molar-refractivity contribution in [2.45, 2.75) is 32.4 Å². The molecule has 3 nitrogen and oxygen atoms in total. The summed E-state index contributed by atoms with van der Waals surface area (Å²) in [4.78, 5) is 2.45. The maximum atomic E-state index is 10.1. The van der Waals surface area contributed by atoms with Crippen LogP contribution in [0.25, 0.3) is 10.9 Å². The van der Waals surface area contributed by atoms with Gasteiger partial charge in [0.2, 0.25) is 0 Å². The van der Waals surface area contributed by atoms with E-state index >= 15 is 0 Å². The second-order valence-corrected chi connectivity index (χ2v) is 6.79. The molecule has 0 radical (unpaired) electrons. The van der Waals surface area contributed by atoms with Crippen LogP contribution in [0.5, 0.6) is 0 Å². The summed E-state index contributed by atoms with van der Waals surface area (Å²) in [6.07, 6.45) is 3.77. The van der Waals surface area contributed by atoms with E-state index in [0.29, 0.717) is 12.1 Å². The first-order valence-corrected chi connectivity index (χ1v) is 8.23. The number of hydrogen-bond acceptors (Lipinski definition) is 2. The van der Waals surface area contributed by atoms with Crippen LogP contribution in [0.15, 0.2) is 35.9 Å². The van der Waals surface area contributed by atoms with Crippen molar-refractivity contribution in [2.75, 3.05) is 20.2 Å². The first-order chi connectivity index (χ1) is 10.7. The molecule has 1 saturated heterocycles. The van der Waals surface area contributed by atoms with Gasteiger partial charge in [0, 0.05) is 29.1 Å². The highest BCUT2D eigenvalue weighted by Crippen LogP contribution is 2.50. The van der Waals surface area contributed by atoms with Crippen LogP contribution in [-0.4, -0.2) is 34.8 Å². The van der Waals surface area contributed by atoms with E-state index in [1.807, 2.05) is 0 Å². The van der Waals surface area contributed by atoms with E-state index in [-0.39, 0.29) is 12.5 Å². The van der Waals surface area contributed by atoms with Gasteiger partial charge in [-0.3, -0.25) is 4.90 Å². The highest BCUT2D eigenvalue weighted by atomic mass is 16.3. The van der Waals surface area contributed by atoms with Gasteiger partial charge >= 0.3 is 0 Å². The van der Waals surface area contributed by atoms with Crippen molar-refractivity contribution in [3.63, 3.8) is 0 Å². The third-order valence-corrected chi connectivity index (χ3v) is 5.80. The third-order valence-electron chi connectivity index (χ3n) is 5.80. The van der Waals surface area contributed by atoms with E-state index in [2.05, 4.69) is 60.7 Å². The number of allylic oxidation sites excluding steroid dienone is 1. The highest BCUT2D eigenvalue weighted by molar-refractivity contribution is 5.86. The van der Waals surface area contributed by atoms with Gasteiger partial charge in [0.05, 0.1) is 12.8 Å². The Morgan fingerprint density at radius 2 is 2.09 bits per heavy atom. The number of piperidine rings is 1. The molecule has 1 aromatic carbocycles. The lowest BCUT2D eigenvalue weighted by Gasteiger charge is -2.48. The molecule has 1 N–H and O–H groups in total. The second-order valence-electron chi connectivity index (χ2n) is 6.79. The van der Waals surface area contributed by atoms with Gasteiger partial charge in [-0.05, 0) is 44.9 Å². The number of likely N-dealkylation sites (N-methyl/N-ethyl adjacent to an activating group) is 1. The van der Waals surface area contributed by atoms with Crippen LogP contribution < -0.4 is 0 Å². The third kappa shape index (κ3) is 1.70. The molecular formula is C19H24N2O. The lowest BCUT2D eigenvalue weighted by atomic mass is 9.75. The number of aryl methyl sites for hydroxylation is 1. The Morgan fingerprint density at radius 1 is 1.32 bits per heavy atom. The maximum Gasteiger partial charge on any atom is 0.0873 e. The molecule has 0 aliphatic carbocycles. The molecule has 22 heavy (non-hydrogen) atoms. The number of hydrogen-bond donors (Lipinski definition) is 1. The van der Waals surface area contributed by atoms with Crippen molar-refractivity contribution in [3.8, 4) is 0 Å². The van der Waals surface area contributed by atoms with Crippen molar-refractivity contribution in [1.82, 2.24) is 9.47 Å². The number of likely N-dealkylation sites (tertiary alicyclic amines) is 1. The minimum absolute atomic E-state index is 0.226. The summed E-state index contributed by atoms with van der Waals surface area (Å²) in [5.41, 5.74) is 5.48.